The van der Waals surface area contributed by atoms with Gasteiger partial charge in [0.25, 0.3) is 5.69 Å². The smallest absolute Gasteiger partial charge is 0.293 e. The summed E-state index contributed by atoms with van der Waals surface area (Å²) in [6, 6.07) is 6.29. The Morgan fingerprint density at radius 3 is 2.41 bits per heavy atom. The van der Waals surface area contributed by atoms with Gasteiger partial charge in [-0.15, -0.1) is 0 Å². The Bertz CT molecular complexity index is 1150. The molecule has 0 atom stereocenters. The number of nitro groups is 1. The van der Waals surface area contributed by atoms with Gasteiger partial charge in [-0.3, -0.25) is 10.1 Å². The van der Waals surface area contributed by atoms with Crippen LogP contribution in [-0.4, -0.2) is 31.8 Å². The molecule has 0 aromatic heterocycles. The van der Waals surface area contributed by atoms with Crippen molar-refractivity contribution < 1.29 is 14.4 Å². The van der Waals surface area contributed by atoms with E-state index in [-0.39, 0.29) is 27.4 Å². The summed E-state index contributed by atoms with van der Waals surface area (Å²) in [6.45, 7) is 6.90. The zero-order chi connectivity index (χ0) is 23.8. The van der Waals surface area contributed by atoms with Crippen molar-refractivity contribution in [2.45, 2.75) is 13.8 Å². The third-order valence-corrected chi connectivity index (χ3v) is 4.92. The lowest BCUT2D eigenvalue weighted by Crippen LogP contribution is -2.11. The average molecular weight is 475 g/mol. The molecule has 2 aromatic carbocycles. The first kappa shape index (κ1) is 24.7. The fraction of sp³-hybridized carbons (Fsp3) is 0.182. The van der Waals surface area contributed by atoms with Gasteiger partial charge in [-0.05, 0) is 26.1 Å². The molecule has 2 rings (SSSR count). The van der Waals surface area contributed by atoms with E-state index in [0.717, 1.165) is 0 Å². The number of rotatable bonds is 5. The zero-order valence-corrected chi connectivity index (χ0v) is 19.3. The van der Waals surface area contributed by atoms with Gasteiger partial charge in [0.2, 0.25) is 5.96 Å². The molecule has 0 bridgehead atoms. The van der Waals surface area contributed by atoms with Gasteiger partial charge < -0.3 is 14.8 Å². The first-order valence-corrected chi connectivity index (χ1v) is 9.83. The number of nitrogens with one attached hydrogen (secondary N) is 1. The number of aliphatic imine (C=N–C) groups is 2. The highest BCUT2D eigenvalue weighted by atomic mass is 35.5. The molecule has 0 amide bonds. The van der Waals surface area contributed by atoms with E-state index < -0.39 is 4.92 Å². The summed E-state index contributed by atoms with van der Waals surface area (Å²) in [7, 11) is 2.95. The van der Waals surface area contributed by atoms with Gasteiger partial charge in [0.15, 0.2) is 0 Å². The molecule has 0 spiro atoms. The lowest BCUT2D eigenvalue weighted by atomic mass is 10.1. The molecular formula is C22H20Cl2N4O4. The van der Waals surface area contributed by atoms with Crippen LogP contribution in [0.5, 0.6) is 11.5 Å². The SMILES string of the molecule is C=NC(=N/C=C(\C)C#Cc1c(Cl)c(OC)cc(OC)c1Cl)Nc1c(C)cccc1[N+](=O)[O-]. The molecule has 0 aliphatic heterocycles. The molecule has 0 aliphatic carbocycles. The molecule has 0 heterocycles. The molecule has 0 fully saturated rings. The number of benzene rings is 2. The van der Waals surface area contributed by atoms with Gasteiger partial charge >= 0.3 is 0 Å². The number of guanidine groups is 1. The maximum atomic E-state index is 11.3. The van der Waals surface area contributed by atoms with Crippen molar-refractivity contribution in [1.29, 1.82) is 0 Å². The Hall–Kier alpha value is -3.54. The molecule has 1 N–H and O–H groups in total. The number of anilines is 1. The van der Waals surface area contributed by atoms with Crippen molar-refractivity contribution in [3.8, 4) is 23.3 Å². The van der Waals surface area contributed by atoms with E-state index in [1.54, 1.807) is 32.0 Å². The molecule has 32 heavy (non-hydrogen) atoms. The fourth-order valence-electron chi connectivity index (χ4n) is 2.54. The van der Waals surface area contributed by atoms with Gasteiger partial charge in [0.1, 0.15) is 17.2 Å². The van der Waals surface area contributed by atoms with Crippen LogP contribution in [0.4, 0.5) is 11.4 Å². The average Bonchev–Trinajstić information content (AvgIpc) is 2.77. The summed E-state index contributed by atoms with van der Waals surface area (Å²) < 4.78 is 10.5. The highest BCUT2D eigenvalue weighted by Crippen LogP contribution is 2.39. The molecule has 0 aliphatic rings. The van der Waals surface area contributed by atoms with Crippen LogP contribution in [0.3, 0.4) is 0 Å². The molecule has 10 heteroatoms. The maximum absolute atomic E-state index is 11.3. The van der Waals surface area contributed by atoms with Gasteiger partial charge in [-0.25, -0.2) is 9.98 Å². The van der Waals surface area contributed by atoms with Crippen LogP contribution >= 0.6 is 23.2 Å². The zero-order valence-electron chi connectivity index (χ0n) is 17.8. The Morgan fingerprint density at radius 2 is 1.88 bits per heavy atom. The Balaban J connectivity index is 2.37. The van der Waals surface area contributed by atoms with Crippen LogP contribution in [0.25, 0.3) is 0 Å². The molecule has 166 valence electrons. The Kier molecular flexibility index (Phi) is 8.64. The molecule has 0 unspecified atom stereocenters. The second-order valence-electron chi connectivity index (χ2n) is 6.31. The number of hydrogen-bond donors (Lipinski definition) is 1. The van der Waals surface area contributed by atoms with Crippen molar-refractivity contribution >= 4 is 47.3 Å². The molecule has 8 nitrogen and oxygen atoms in total. The normalized spacial score (nSPS) is 11.3. The number of ether oxygens (including phenoxy) is 2. The van der Waals surface area contributed by atoms with Crippen molar-refractivity contribution in [3.63, 3.8) is 0 Å². The van der Waals surface area contributed by atoms with Gasteiger partial charge in [0.05, 0.1) is 34.8 Å². The largest absolute Gasteiger partial charge is 0.495 e. The standard InChI is InChI=1S/C22H20Cl2N4O4/c1-13(9-10-15-19(23)17(31-4)11-18(32-5)20(15)24)12-26-22(25-3)27-21-14(2)7-6-8-16(21)28(29)30/h6-8,11-12H,3H2,1-2,4-5H3,(H,26,27)/b13-12+. The monoisotopic (exact) mass is 474 g/mol. The van der Waals surface area contributed by atoms with E-state index in [2.05, 4.69) is 33.9 Å². The number of hydrogen-bond acceptors (Lipinski definition) is 5. The maximum Gasteiger partial charge on any atom is 0.293 e. The van der Waals surface area contributed by atoms with E-state index in [9.17, 15) is 10.1 Å². The number of nitro benzene ring substituents is 1. The first-order valence-electron chi connectivity index (χ1n) is 9.07. The summed E-state index contributed by atoms with van der Waals surface area (Å²) in [6.07, 6.45) is 1.44. The number of allylic oxidation sites excluding steroid dienone is 1. The van der Waals surface area contributed by atoms with E-state index in [1.807, 2.05) is 0 Å². The molecule has 0 radical (unpaired) electrons. The van der Waals surface area contributed by atoms with Crippen LogP contribution in [0.1, 0.15) is 18.1 Å². The minimum Gasteiger partial charge on any atom is -0.495 e. The summed E-state index contributed by atoms with van der Waals surface area (Å²) in [5, 5.41) is 14.6. The van der Waals surface area contributed by atoms with E-state index >= 15 is 0 Å². The predicted molar refractivity (Wildman–Crippen MR) is 129 cm³/mol. The van der Waals surface area contributed by atoms with E-state index in [0.29, 0.717) is 28.2 Å². The predicted octanol–water partition coefficient (Wildman–Crippen LogP) is 5.65. The lowest BCUT2D eigenvalue weighted by molar-refractivity contribution is -0.383. The second-order valence-corrected chi connectivity index (χ2v) is 7.06. The third-order valence-electron chi connectivity index (χ3n) is 4.17. The van der Waals surface area contributed by atoms with Crippen LogP contribution in [0, 0.1) is 28.9 Å². The number of para-hydroxylation sites is 1. The molecule has 0 saturated carbocycles. The summed E-state index contributed by atoms with van der Waals surface area (Å²) in [5.41, 5.74) is 1.73. The van der Waals surface area contributed by atoms with Crippen molar-refractivity contribution in [2.24, 2.45) is 9.98 Å². The van der Waals surface area contributed by atoms with Crippen LogP contribution in [-0.2, 0) is 0 Å². The summed E-state index contributed by atoms with van der Waals surface area (Å²) >= 11 is 12.6. The van der Waals surface area contributed by atoms with Crippen LogP contribution in [0.15, 0.2) is 46.0 Å². The number of nitrogens with zero attached hydrogens (tertiary/aromatic N) is 3. The molecule has 2 aromatic rings. The minimum absolute atomic E-state index is 0.0719. The van der Waals surface area contributed by atoms with Crippen molar-refractivity contribution in [2.75, 3.05) is 19.5 Å². The van der Waals surface area contributed by atoms with Crippen molar-refractivity contribution in [1.82, 2.24) is 0 Å². The van der Waals surface area contributed by atoms with Crippen LogP contribution in [0.2, 0.25) is 10.0 Å². The lowest BCUT2D eigenvalue weighted by Gasteiger charge is -2.10. The summed E-state index contributed by atoms with van der Waals surface area (Å²) in [5.74, 6) is 6.60. The highest BCUT2D eigenvalue weighted by molar-refractivity contribution is 6.38. The van der Waals surface area contributed by atoms with Crippen LogP contribution < -0.4 is 14.8 Å². The second kappa shape index (κ2) is 11.2. The summed E-state index contributed by atoms with van der Waals surface area (Å²) in [4.78, 5) is 18.8. The van der Waals surface area contributed by atoms with E-state index in [1.165, 1.54) is 26.5 Å². The molecular weight excluding hydrogens is 455 g/mol. The van der Waals surface area contributed by atoms with E-state index in [4.69, 9.17) is 32.7 Å². The molecule has 0 saturated heterocycles. The topological polar surface area (TPSA) is 98.4 Å². The third kappa shape index (κ3) is 5.78. The fourth-order valence-corrected chi connectivity index (χ4v) is 3.13. The quantitative estimate of drug-likeness (QED) is 0.198. The number of aryl methyl sites for hydroxylation is 1. The van der Waals surface area contributed by atoms with Gasteiger partial charge in [-0.2, -0.15) is 0 Å². The number of methoxy groups -OCH3 is 2. The first-order chi connectivity index (χ1) is 15.2. The number of halogens is 2. The van der Waals surface area contributed by atoms with Gasteiger partial charge in [-0.1, -0.05) is 47.2 Å². The highest BCUT2D eigenvalue weighted by Gasteiger charge is 2.17. The Labute approximate surface area is 195 Å². The van der Waals surface area contributed by atoms with Gasteiger partial charge in [0, 0.05) is 23.9 Å². The van der Waals surface area contributed by atoms with Crippen molar-refractivity contribution in [3.05, 3.63) is 67.3 Å². The minimum atomic E-state index is -0.488. The Morgan fingerprint density at radius 1 is 1.25 bits per heavy atom.